The number of carbonyl (C=O) groups excluding carboxylic acids is 2. The van der Waals surface area contributed by atoms with Gasteiger partial charge in [0.15, 0.2) is 18.2 Å². The van der Waals surface area contributed by atoms with Crippen LogP contribution in [0.4, 0.5) is 16.4 Å². The van der Waals surface area contributed by atoms with E-state index in [-0.39, 0.29) is 37.3 Å². The van der Waals surface area contributed by atoms with Crippen molar-refractivity contribution in [2.24, 2.45) is 0 Å². The molecule has 0 saturated carbocycles. The fraction of sp³-hybridized carbons (Fsp3) is 0.318. The number of hydrogen-bond donors (Lipinski definition) is 3. The second-order valence-electron chi connectivity index (χ2n) is 8.03. The van der Waals surface area contributed by atoms with Crippen molar-refractivity contribution in [3.8, 4) is 5.75 Å². The normalized spacial score (nSPS) is 17.2. The number of para-hydroxylation sites is 1. The molecule has 5 rings (SSSR count). The van der Waals surface area contributed by atoms with Crippen LogP contribution in [-0.2, 0) is 22.0 Å². The van der Waals surface area contributed by atoms with E-state index in [0.29, 0.717) is 41.1 Å². The second kappa shape index (κ2) is 9.39. The summed E-state index contributed by atoms with van der Waals surface area (Å²) < 4.78 is 11.8. The number of fused-ring (bicyclic) bond motifs is 2. The Bertz CT molecular complexity index is 1440. The minimum absolute atomic E-state index is 0.0841. The smallest absolute Gasteiger partial charge is 0.416 e. The van der Waals surface area contributed by atoms with Crippen LogP contribution in [0.15, 0.2) is 39.9 Å². The van der Waals surface area contributed by atoms with Crippen molar-refractivity contribution in [2.45, 2.75) is 18.5 Å². The van der Waals surface area contributed by atoms with Gasteiger partial charge in [0, 0.05) is 25.5 Å². The minimum atomic E-state index is -0.565. The van der Waals surface area contributed by atoms with Gasteiger partial charge in [-0.15, -0.1) is 11.6 Å². The maximum absolute atomic E-state index is 12.8. The first kappa shape index (κ1) is 22.9. The van der Waals surface area contributed by atoms with E-state index in [0.717, 1.165) is 4.57 Å². The highest BCUT2D eigenvalue weighted by Crippen LogP contribution is 2.29. The lowest BCUT2D eigenvalue weighted by molar-refractivity contribution is -0.118. The van der Waals surface area contributed by atoms with Gasteiger partial charge in [0.1, 0.15) is 11.9 Å². The molecule has 1 aromatic carbocycles. The molecule has 4 heterocycles. The molecule has 2 aliphatic heterocycles. The van der Waals surface area contributed by atoms with E-state index in [9.17, 15) is 19.2 Å². The predicted molar refractivity (Wildman–Crippen MR) is 127 cm³/mol. The summed E-state index contributed by atoms with van der Waals surface area (Å²) in [6, 6.07) is 8.37. The van der Waals surface area contributed by atoms with Gasteiger partial charge in [0.2, 0.25) is 0 Å². The molecule has 3 N–H and O–H groups in total. The maximum Gasteiger partial charge on any atom is 0.416 e. The van der Waals surface area contributed by atoms with E-state index in [2.05, 4.69) is 20.6 Å². The molecule has 1 fully saturated rings. The number of anilines is 2. The van der Waals surface area contributed by atoms with Crippen molar-refractivity contribution < 1.29 is 19.1 Å². The molecule has 1 atom stereocenters. The molecule has 2 aromatic heterocycles. The monoisotopic (exact) mass is 500 g/mol. The van der Waals surface area contributed by atoms with Crippen LogP contribution in [-0.4, -0.2) is 58.9 Å². The number of nitrogens with zero attached hydrogens (tertiary/aromatic N) is 3. The number of aromatic amines is 1. The van der Waals surface area contributed by atoms with Crippen LogP contribution >= 0.6 is 11.6 Å². The number of halogens is 1. The Morgan fingerprint density at radius 2 is 2.03 bits per heavy atom. The summed E-state index contributed by atoms with van der Waals surface area (Å²) in [5.74, 6) is 0.859. The second-order valence-corrected chi connectivity index (χ2v) is 8.30. The lowest BCUT2D eigenvalue weighted by Gasteiger charge is -2.19. The molecular weight excluding hydrogens is 480 g/mol. The molecule has 2 amide bonds. The summed E-state index contributed by atoms with van der Waals surface area (Å²) in [5.41, 5.74) is 0.210. The Labute approximate surface area is 202 Å². The van der Waals surface area contributed by atoms with Gasteiger partial charge in [-0.3, -0.25) is 19.1 Å². The number of aromatic nitrogens is 3. The summed E-state index contributed by atoms with van der Waals surface area (Å²) in [7, 11) is 0. The van der Waals surface area contributed by atoms with E-state index in [1.54, 1.807) is 30.3 Å². The van der Waals surface area contributed by atoms with Crippen molar-refractivity contribution in [3.63, 3.8) is 0 Å². The molecule has 0 spiro atoms. The fourth-order valence-electron chi connectivity index (χ4n) is 4.03. The summed E-state index contributed by atoms with van der Waals surface area (Å²) in [4.78, 5) is 57.5. The largest absolute Gasteiger partial charge is 0.480 e. The van der Waals surface area contributed by atoms with E-state index < -0.39 is 23.4 Å². The van der Waals surface area contributed by atoms with Gasteiger partial charge < -0.3 is 25.1 Å². The van der Waals surface area contributed by atoms with Crippen LogP contribution in [0.3, 0.4) is 0 Å². The Balaban J connectivity index is 1.20. The lowest BCUT2D eigenvalue weighted by Crippen LogP contribution is -2.39. The minimum Gasteiger partial charge on any atom is -0.480 e. The lowest BCUT2D eigenvalue weighted by atomic mass is 10.1. The van der Waals surface area contributed by atoms with Crippen LogP contribution < -0.4 is 31.5 Å². The Hall–Kier alpha value is -3.90. The molecule has 0 bridgehead atoms. The fourth-order valence-corrected chi connectivity index (χ4v) is 4.25. The highest BCUT2D eigenvalue weighted by molar-refractivity contribution is 6.17. The number of rotatable bonds is 7. The Morgan fingerprint density at radius 1 is 1.17 bits per heavy atom. The summed E-state index contributed by atoms with van der Waals surface area (Å²) in [6.07, 6.45) is -1.03. The molecular formula is C22H21ClN6O6. The van der Waals surface area contributed by atoms with Crippen molar-refractivity contribution >= 4 is 46.1 Å². The quantitative estimate of drug-likeness (QED) is 0.318. The van der Waals surface area contributed by atoms with Gasteiger partial charge in [0.25, 0.3) is 11.5 Å². The molecule has 0 unspecified atom stereocenters. The number of alkyl halides is 1. The van der Waals surface area contributed by atoms with Gasteiger partial charge in [-0.05, 0) is 23.8 Å². The van der Waals surface area contributed by atoms with Crippen molar-refractivity contribution in [3.05, 3.63) is 56.7 Å². The number of H-pyrrole nitrogens is 1. The van der Waals surface area contributed by atoms with E-state index >= 15 is 0 Å². The van der Waals surface area contributed by atoms with E-state index in [1.807, 2.05) is 0 Å². The predicted octanol–water partition coefficient (Wildman–Crippen LogP) is 0.769. The Morgan fingerprint density at radius 3 is 2.86 bits per heavy atom. The van der Waals surface area contributed by atoms with Crippen molar-refractivity contribution in [1.82, 2.24) is 19.9 Å². The third-order valence-corrected chi connectivity index (χ3v) is 6.03. The average Bonchev–Trinajstić information content (AvgIpc) is 3.22. The summed E-state index contributed by atoms with van der Waals surface area (Å²) in [5, 5.41) is 6.11. The number of pyridine rings is 1. The molecule has 2 aliphatic rings. The number of cyclic esters (lactones) is 1. The zero-order chi connectivity index (χ0) is 24.5. The van der Waals surface area contributed by atoms with Crippen LogP contribution in [0.1, 0.15) is 5.56 Å². The van der Waals surface area contributed by atoms with Crippen molar-refractivity contribution in [2.75, 3.05) is 36.5 Å². The molecule has 35 heavy (non-hydrogen) atoms. The molecule has 3 aromatic rings. The number of ether oxygens (including phenoxy) is 2. The first-order valence-electron chi connectivity index (χ1n) is 10.9. The average molecular weight is 501 g/mol. The van der Waals surface area contributed by atoms with Crippen molar-refractivity contribution in [1.29, 1.82) is 0 Å². The van der Waals surface area contributed by atoms with Gasteiger partial charge in [-0.1, -0.05) is 12.1 Å². The first-order chi connectivity index (χ1) is 16.9. The Kier molecular flexibility index (Phi) is 6.14. The highest BCUT2D eigenvalue weighted by Gasteiger charge is 2.33. The van der Waals surface area contributed by atoms with Crippen LogP contribution in [0, 0.1) is 0 Å². The molecule has 13 heteroatoms. The maximum atomic E-state index is 12.8. The zero-order valence-corrected chi connectivity index (χ0v) is 19.1. The summed E-state index contributed by atoms with van der Waals surface area (Å²) in [6.45, 7) is 0.900. The zero-order valence-electron chi connectivity index (χ0n) is 18.4. The first-order valence-corrected chi connectivity index (χ1v) is 11.4. The van der Waals surface area contributed by atoms with E-state index in [1.165, 1.54) is 4.90 Å². The number of carbonyl (C=O) groups is 2. The number of hydrogen-bond acceptors (Lipinski definition) is 8. The number of amides is 2. The molecule has 0 aliphatic carbocycles. The third-order valence-electron chi connectivity index (χ3n) is 5.74. The topological polar surface area (TPSA) is 148 Å². The number of nitrogens with one attached hydrogen (secondary N) is 3. The van der Waals surface area contributed by atoms with Crippen LogP contribution in [0.25, 0.3) is 10.9 Å². The molecule has 12 nitrogen and oxygen atoms in total. The van der Waals surface area contributed by atoms with Gasteiger partial charge >= 0.3 is 11.8 Å². The van der Waals surface area contributed by atoms with Gasteiger partial charge in [-0.2, -0.15) is 0 Å². The van der Waals surface area contributed by atoms with Crippen LogP contribution in [0.2, 0.25) is 0 Å². The third kappa shape index (κ3) is 4.45. The molecule has 0 radical (unpaired) electrons. The summed E-state index contributed by atoms with van der Waals surface area (Å²) >= 11 is 5.91. The highest BCUT2D eigenvalue weighted by atomic mass is 35.5. The van der Waals surface area contributed by atoms with Gasteiger partial charge in [0.05, 0.1) is 17.4 Å². The molecule has 1 saturated heterocycles. The number of benzene rings is 1. The SMILES string of the molecule is O=C1COc2ccc(N3C[C@H](CNCCn4c(=O)[nH]c5c(CCl)cccc5c4=O)OC3=O)nc2N1. The van der Waals surface area contributed by atoms with Crippen LogP contribution in [0.5, 0.6) is 5.75 Å². The standard InChI is InChI=1S/C22H21ClN6O6/c23-8-12-2-1-3-14-18(12)27-21(32)28(20(14)31)7-6-24-9-13-10-29(22(33)35-13)16-5-4-15-19(25-16)26-17(30)11-34-15/h1-5,13,24H,6-11H2,(H,27,32)(H,25,26,30)/t13-/m0/s1. The van der Waals surface area contributed by atoms with Gasteiger partial charge in [-0.25, -0.2) is 14.6 Å². The molecule has 182 valence electrons. The van der Waals surface area contributed by atoms with E-state index in [4.69, 9.17) is 21.1 Å².